The molecule has 0 radical (unpaired) electrons. The fraction of sp³-hybridized carbons (Fsp3) is 0.0588. The molecule has 3 aromatic carbocycles. The zero-order valence-corrected chi connectivity index (χ0v) is 14.3. The Morgan fingerprint density at radius 3 is 2.35 bits per heavy atom. The summed E-state index contributed by atoms with van der Waals surface area (Å²) < 4.78 is 27.5. The molecular weight excluding hydrogens is 353 g/mol. The van der Waals surface area contributed by atoms with E-state index >= 15 is 0 Å². The van der Waals surface area contributed by atoms with Gasteiger partial charge in [0.25, 0.3) is 0 Å². The van der Waals surface area contributed by atoms with Crippen LogP contribution in [0.5, 0.6) is 0 Å². The summed E-state index contributed by atoms with van der Waals surface area (Å²) in [7, 11) is -3.62. The topological polar surface area (TPSA) is 46.2 Å². The molecule has 3 aromatic rings. The lowest BCUT2D eigenvalue weighted by Crippen LogP contribution is -2.23. The van der Waals surface area contributed by atoms with Crippen molar-refractivity contribution in [1.29, 1.82) is 0 Å². The largest absolute Gasteiger partial charge is 0.240 e. The van der Waals surface area contributed by atoms with Crippen LogP contribution in [0.4, 0.5) is 0 Å². The van der Waals surface area contributed by atoms with Crippen LogP contribution >= 0.6 is 23.2 Å². The third kappa shape index (κ3) is 3.67. The number of fused-ring (bicyclic) bond motifs is 1. The zero-order chi connectivity index (χ0) is 16.4. The molecule has 0 bridgehead atoms. The summed E-state index contributed by atoms with van der Waals surface area (Å²) in [5.41, 5.74) is 0.667. The van der Waals surface area contributed by atoms with Crippen LogP contribution in [-0.2, 0) is 16.6 Å². The van der Waals surface area contributed by atoms with Gasteiger partial charge in [0.15, 0.2) is 0 Å². The van der Waals surface area contributed by atoms with Crippen molar-refractivity contribution in [3.05, 3.63) is 76.3 Å². The Hall–Kier alpha value is -1.59. The monoisotopic (exact) mass is 365 g/mol. The zero-order valence-electron chi connectivity index (χ0n) is 12.0. The molecule has 0 saturated carbocycles. The van der Waals surface area contributed by atoms with E-state index in [-0.39, 0.29) is 11.4 Å². The number of halogens is 2. The first-order valence-electron chi connectivity index (χ1n) is 6.88. The van der Waals surface area contributed by atoms with Crippen LogP contribution in [0.3, 0.4) is 0 Å². The van der Waals surface area contributed by atoms with Crippen LogP contribution in [0.25, 0.3) is 10.8 Å². The Morgan fingerprint density at radius 2 is 1.61 bits per heavy atom. The maximum Gasteiger partial charge on any atom is 0.240 e. The molecule has 0 atom stereocenters. The van der Waals surface area contributed by atoms with Gasteiger partial charge < -0.3 is 0 Å². The SMILES string of the molecule is O=S(=O)(NCc1ccc(Cl)cc1Cl)c1ccc2ccccc2c1. The van der Waals surface area contributed by atoms with Crippen LogP contribution < -0.4 is 4.72 Å². The molecule has 0 spiro atoms. The molecule has 3 rings (SSSR count). The van der Waals surface area contributed by atoms with Gasteiger partial charge in [-0.25, -0.2) is 13.1 Å². The third-order valence-electron chi connectivity index (χ3n) is 3.50. The fourth-order valence-electron chi connectivity index (χ4n) is 2.26. The molecule has 0 fully saturated rings. The van der Waals surface area contributed by atoms with Crippen LogP contribution in [0.2, 0.25) is 10.0 Å². The minimum Gasteiger partial charge on any atom is -0.207 e. The van der Waals surface area contributed by atoms with E-state index in [1.54, 1.807) is 36.4 Å². The summed E-state index contributed by atoms with van der Waals surface area (Å²) >= 11 is 11.9. The van der Waals surface area contributed by atoms with Gasteiger partial charge in [-0.3, -0.25) is 0 Å². The summed E-state index contributed by atoms with van der Waals surface area (Å²) in [6.07, 6.45) is 0. The second-order valence-electron chi connectivity index (χ2n) is 5.07. The molecule has 0 aliphatic heterocycles. The molecule has 0 aliphatic carbocycles. The second-order valence-corrected chi connectivity index (χ2v) is 7.68. The lowest BCUT2D eigenvalue weighted by molar-refractivity contribution is 0.581. The predicted octanol–water partition coefficient (Wildman–Crippen LogP) is 4.63. The van der Waals surface area contributed by atoms with Crippen molar-refractivity contribution < 1.29 is 8.42 Å². The van der Waals surface area contributed by atoms with Gasteiger partial charge in [-0.2, -0.15) is 0 Å². The van der Waals surface area contributed by atoms with E-state index in [9.17, 15) is 8.42 Å². The number of hydrogen-bond donors (Lipinski definition) is 1. The van der Waals surface area contributed by atoms with Gasteiger partial charge in [0.05, 0.1) is 4.90 Å². The van der Waals surface area contributed by atoms with Crippen molar-refractivity contribution in [1.82, 2.24) is 4.72 Å². The summed E-state index contributed by atoms with van der Waals surface area (Å²) in [4.78, 5) is 0.223. The van der Waals surface area contributed by atoms with Crippen LogP contribution in [0, 0.1) is 0 Å². The molecule has 0 aliphatic rings. The highest BCUT2D eigenvalue weighted by Crippen LogP contribution is 2.22. The quantitative estimate of drug-likeness (QED) is 0.732. The number of sulfonamides is 1. The summed E-state index contributed by atoms with van der Waals surface area (Å²) in [5.74, 6) is 0. The van der Waals surface area contributed by atoms with E-state index in [4.69, 9.17) is 23.2 Å². The molecule has 1 N–H and O–H groups in total. The van der Waals surface area contributed by atoms with E-state index in [1.165, 1.54) is 0 Å². The predicted molar refractivity (Wildman–Crippen MR) is 94.4 cm³/mol. The van der Waals surface area contributed by atoms with Crippen LogP contribution in [-0.4, -0.2) is 8.42 Å². The van der Waals surface area contributed by atoms with Crippen molar-refractivity contribution in [2.45, 2.75) is 11.4 Å². The van der Waals surface area contributed by atoms with Gasteiger partial charge in [-0.15, -0.1) is 0 Å². The molecule has 118 valence electrons. The average Bonchev–Trinajstić information content (AvgIpc) is 2.53. The Bertz CT molecular complexity index is 971. The molecule has 3 nitrogen and oxygen atoms in total. The Morgan fingerprint density at radius 1 is 0.870 bits per heavy atom. The highest BCUT2D eigenvalue weighted by atomic mass is 35.5. The molecule has 0 saturated heterocycles. The van der Waals surface area contributed by atoms with Crippen molar-refractivity contribution in [2.75, 3.05) is 0 Å². The van der Waals surface area contributed by atoms with E-state index in [1.807, 2.05) is 24.3 Å². The van der Waals surface area contributed by atoms with Gasteiger partial charge in [0, 0.05) is 16.6 Å². The Kier molecular flexibility index (Phi) is 4.60. The average molecular weight is 366 g/mol. The van der Waals surface area contributed by atoms with Gasteiger partial charge in [-0.1, -0.05) is 59.6 Å². The number of benzene rings is 3. The molecular formula is C17H13Cl2NO2S. The molecule has 0 heterocycles. The molecule has 23 heavy (non-hydrogen) atoms. The maximum atomic E-state index is 12.4. The summed E-state index contributed by atoms with van der Waals surface area (Å²) in [6, 6.07) is 17.6. The maximum absolute atomic E-state index is 12.4. The fourth-order valence-corrected chi connectivity index (χ4v) is 3.77. The van der Waals surface area contributed by atoms with Crippen molar-refractivity contribution in [3.63, 3.8) is 0 Å². The van der Waals surface area contributed by atoms with Gasteiger partial charge in [0.1, 0.15) is 0 Å². The number of nitrogens with one attached hydrogen (secondary N) is 1. The number of hydrogen-bond acceptors (Lipinski definition) is 2. The van der Waals surface area contributed by atoms with E-state index in [0.717, 1.165) is 10.8 Å². The first-order chi connectivity index (χ1) is 11.0. The van der Waals surface area contributed by atoms with Gasteiger partial charge >= 0.3 is 0 Å². The summed E-state index contributed by atoms with van der Waals surface area (Å²) in [5, 5.41) is 2.81. The highest BCUT2D eigenvalue weighted by Gasteiger charge is 2.15. The lowest BCUT2D eigenvalue weighted by Gasteiger charge is -2.09. The third-order valence-corrected chi connectivity index (χ3v) is 5.48. The normalized spacial score (nSPS) is 11.7. The van der Waals surface area contributed by atoms with Crippen molar-refractivity contribution in [2.24, 2.45) is 0 Å². The molecule has 0 amide bonds. The van der Waals surface area contributed by atoms with Gasteiger partial charge in [0.2, 0.25) is 10.0 Å². The Balaban J connectivity index is 1.85. The van der Waals surface area contributed by atoms with E-state index in [2.05, 4.69) is 4.72 Å². The number of rotatable bonds is 4. The van der Waals surface area contributed by atoms with Gasteiger partial charge in [-0.05, 0) is 40.6 Å². The van der Waals surface area contributed by atoms with Crippen LogP contribution in [0.15, 0.2) is 65.6 Å². The smallest absolute Gasteiger partial charge is 0.207 e. The van der Waals surface area contributed by atoms with Crippen molar-refractivity contribution >= 4 is 44.0 Å². The Labute approximate surface area is 144 Å². The minimum atomic E-state index is -3.62. The standard InChI is InChI=1S/C17H13Cl2NO2S/c18-15-7-5-14(17(19)10-15)11-20-23(21,22)16-8-6-12-3-1-2-4-13(12)9-16/h1-10,20H,11H2. The summed E-state index contributed by atoms with van der Waals surface area (Å²) in [6.45, 7) is 0.102. The first-order valence-corrected chi connectivity index (χ1v) is 9.12. The van der Waals surface area contributed by atoms with E-state index in [0.29, 0.717) is 15.6 Å². The molecule has 0 aromatic heterocycles. The van der Waals surface area contributed by atoms with E-state index < -0.39 is 10.0 Å². The lowest BCUT2D eigenvalue weighted by atomic mass is 10.1. The first kappa shape index (κ1) is 16.3. The van der Waals surface area contributed by atoms with Crippen LogP contribution in [0.1, 0.15) is 5.56 Å². The second kappa shape index (κ2) is 6.49. The molecule has 0 unspecified atom stereocenters. The van der Waals surface area contributed by atoms with Crippen molar-refractivity contribution in [3.8, 4) is 0 Å². The highest BCUT2D eigenvalue weighted by molar-refractivity contribution is 7.89. The minimum absolute atomic E-state index is 0.102. The molecule has 6 heteroatoms.